The average Bonchev–Trinajstić information content (AvgIpc) is 2.53. The SMILES string of the molecule is Nc1cc(C(=O)NCC(CO)Cc2ccc(F)cc2)ccn1. The number of rotatable bonds is 6. The van der Waals surface area contributed by atoms with Gasteiger partial charge in [0.25, 0.3) is 5.91 Å². The molecule has 0 saturated carbocycles. The maximum absolute atomic E-state index is 12.9. The minimum atomic E-state index is -0.298. The van der Waals surface area contributed by atoms with E-state index in [1.54, 1.807) is 18.2 Å². The van der Waals surface area contributed by atoms with E-state index in [0.717, 1.165) is 5.56 Å². The first-order valence-corrected chi connectivity index (χ1v) is 6.93. The van der Waals surface area contributed by atoms with Gasteiger partial charge in [0, 0.05) is 30.8 Å². The second kappa shape index (κ2) is 7.51. The maximum atomic E-state index is 12.9. The van der Waals surface area contributed by atoms with Crippen molar-refractivity contribution in [1.29, 1.82) is 0 Å². The van der Waals surface area contributed by atoms with Crippen LogP contribution in [0.25, 0.3) is 0 Å². The molecule has 1 aromatic heterocycles. The van der Waals surface area contributed by atoms with Crippen LogP contribution in [0.4, 0.5) is 10.2 Å². The lowest BCUT2D eigenvalue weighted by Crippen LogP contribution is -2.31. The van der Waals surface area contributed by atoms with Crippen molar-refractivity contribution in [3.63, 3.8) is 0 Å². The molecule has 0 spiro atoms. The number of hydrogen-bond donors (Lipinski definition) is 3. The highest BCUT2D eigenvalue weighted by Crippen LogP contribution is 2.10. The van der Waals surface area contributed by atoms with Crippen LogP contribution in [0.2, 0.25) is 0 Å². The standard InChI is InChI=1S/C16H18FN3O2/c17-14-3-1-11(2-4-14)7-12(10-21)9-20-16(22)13-5-6-19-15(18)8-13/h1-6,8,12,21H,7,9-10H2,(H2,18,19)(H,20,22). The molecule has 1 aromatic carbocycles. The fourth-order valence-corrected chi connectivity index (χ4v) is 2.08. The Morgan fingerprint density at radius 1 is 1.32 bits per heavy atom. The first-order chi connectivity index (χ1) is 10.6. The smallest absolute Gasteiger partial charge is 0.251 e. The van der Waals surface area contributed by atoms with Gasteiger partial charge in [-0.2, -0.15) is 0 Å². The maximum Gasteiger partial charge on any atom is 0.251 e. The summed E-state index contributed by atoms with van der Waals surface area (Å²) in [5.41, 5.74) is 6.86. The number of aromatic nitrogens is 1. The number of halogens is 1. The predicted molar refractivity (Wildman–Crippen MR) is 81.7 cm³/mol. The highest BCUT2D eigenvalue weighted by Gasteiger charge is 2.12. The molecule has 2 aromatic rings. The van der Waals surface area contributed by atoms with Gasteiger partial charge >= 0.3 is 0 Å². The summed E-state index contributed by atoms with van der Waals surface area (Å²) in [5, 5.41) is 12.2. The molecule has 0 aliphatic carbocycles. The van der Waals surface area contributed by atoms with Crippen LogP contribution in [0.5, 0.6) is 0 Å². The number of hydrogen-bond acceptors (Lipinski definition) is 4. The van der Waals surface area contributed by atoms with Crippen molar-refractivity contribution in [2.45, 2.75) is 6.42 Å². The number of anilines is 1. The largest absolute Gasteiger partial charge is 0.396 e. The van der Waals surface area contributed by atoms with Gasteiger partial charge in [-0.25, -0.2) is 9.37 Å². The number of aliphatic hydroxyl groups excluding tert-OH is 1. The van der Waals surface area contributed by atoms with Gasteiger partial charge in [-0.15, -0.1) is 0 Å². The number of nitrogens with one attached hydrogen (secondary N) is 1. The fourth-order valence-electron chi connectivity index (χ4n) is 2.08. The van der Waals surface area contributed by atoms with Gasteiger partial charge in [-0.1, -0.05) is 12.1 Å². The van der Waals surface area contributed by atoms with Crippen molar-refractivity contribution in [3.05, 3.63) is 59.5 Å². The number of benzene rings is 1. The molecule has 2 rings (SSSR count). The van der Waals surface area contributed by atoms with Crippen LogP contribution < -0.4 is 11.1 Å². The lowest BCUT2D eigenvalue weighted by molar-refractivity contribution is 0.0940. The molecule has 6 heteroatoms. The van der Waals surface area contributed by atoms with E-state index in [9.17, 15) is 14.3 Å². The van der Waals surface area contributed by atoms with Gasteiger partial charge in [0.15, 0.2) is 0 Å². The third kappa shape index (κ3) is 4.53. The lowest BCUT2D eigenvalue weighted by Gasteiger charge is -2.15. The summed E-state index contributed by atoms with van der Waals surface area (Å²) in [6.07, 6.45) is 2.02. The summed E-state index contributed by atoms with van der Waals surface area (Å²) in [6.45, 7) is 0.241. The first-order valence-electron chi connectivity index (χ1n) is 6.93. The second-order valence-electron chi connectivity index (χ2n) is 5.06. The Morgan fingerprint density at radius 3 is 2.68 bits per heavy atom. The molecule has 0 aliphatic rings. The Balaban J connectivity index is 1.90. The van der Waals surface area contributed by atoms with Crippen LogP contribution in [0, 0.1) is 11.7 Å². The average molecular weight is 303 g/mol. The van der Waals surface area contributed by atoms with Gasteiger partial charge in [-0.3, -0.25) is 4.79 Å². The molecule has 0 saturated heterocycles. The quantitative estimate of drug-likeness (QED) is 0.752. The third-order valence-electron chi connectivity index (χ3n) is 3.29. The van der Waals surface area contributed by atoms with Gasteiger partial charge in [0.1, 0.15) is 11.6 Å². The Kier molecular flexibility index (Phi) is 5.43. The van der Waals surface area contributed by atoms with Crippen LogP contribution >= 0.6 is 0 Å². The number of carbonyl (C=O) groups excluding carboxylic acids is 1. The molecule has 0 radical (unpaired) electrons. The van der Waals surface area contributed by atoms with Crippen molar-refractivity contribution in [1.82, 2.24) is 10.3 Å². The van der Waals surface area contributed by atoms with Gasteiger partial charge in [-0.05, 0) is 36.2 Å². The predicted octanol–water partition coefficient (Wildman–Crippen LogP) is 1.38. The van der Waals surface area contributed by atoms with Crippen molar-refractivity contribution in [2.24, 2.45) is 5.92 Å². The van der Waals surface area contributed by atoms with Crippen LogP contribution in [0.1, 0.15) is 15.9 Å². The molecule has 22 heavy (non-hydrogen) atoms. The number of pyridine rings is 1. The molecule has 1 amide bonds. The van der Waals surface area contributed by atoms with Gasteiger partial charge < -0.3 is 16.2 Å². The monoisotopic (exact) mass is 303 g/mol. The molecule has 0 bridgehead atoms. The zero-order valence-electron chi connectivity index (χ0n) is 12.0. The molecule has 5 nitrogen and oxygen atoms in total. The number of aliphatic hydroxyl groups is 1. The second-order valence-corrected chi connectivity index (χ2v) is 5.06. The number of nitrogens with zero attached hydrogens (tertiary/aromatic N) is 1. The number of nitrogens with two attached hydrogens (primary N) is 1. The molecular weight excluding hydrogens is 285 g/mol. The summed E-state index contributed by atoms with van der Waals surface area (Å²) in [4.78, 5) is 15.8. The van der Waals surface area contributed by atoms with Crippen LogP contribution in [0.15, 0.2) is 42.6 Å². The van der Waals surface area contributed by atoms with Gasteiger partial charge in [0.2, 0.25) is 0 Å². The van der Waals surface area contributed by atoms with Crippen molar-refractivity contribution >= 4 is 11.7 Å². The molecule has 0 fully saturated rings. The van der Waals surface area contributed by atoms with Crippen molar-refractivity contribution in [3.8, 4) is 0 Å². The number of carbonyl (C=O) groups is 1. The third-order valence-corrected chi connectivity index (χ3v) is 3.29. The Hall–Kier alpha value is -2.47. The first kappa shape index (κ1) is 15.9. The van der Waals surface area contributed by atoms with E-state index < -0.39 is 0 Å². The minimum Gasteiger partial charge on any atom is -0.396 e. The summed E-state index contributed by atoms with van der Waals surface area (Å²) < 4.78 is 12.9. The fraction of sp³-hybridized carbons (Fsp3) is 0.250. The highest BCUT2D eigenvalue weighted by atomic mass is 19.1. The van der Waals surface area contributed by atoms with E-state index in [1.807, 2.05) is 0 Å². The molecule has 1 unspecified atom stereocenters. The molecule has 0 aliphatic heterocycles. The summed E-state index contributed by atoms with van der Waals surface area (Å²) in [6, 6.07) is 9.15. The topological polar surface area (TPSA) is 88.2 Å². The summed E-state index contributed by atoms with van der Waals surface area (Å²) >= 11 is 0. The molecule has 116 valence electrons. The van der Waals surface area contributed by atoms with E-state index in [1.165, 1.54) is 24.4 Å². The Bertz CT molecular complexity index is 632. The van der Waals surface area contributed by atoms with Crippen LogP contribution in [-0.4, -0.2) is 29.1 Å². The van der Waals surface area contributed by atoms with Crippen molar-refractivity contribution in [2.75, 3.05) is 18.9 Å². The molecular formula is C16H18FN3O2. The molecule has 4 N–H and O–H groups in total. The zero-order chi connectivity index (χ0) is 15.9. The zero-order valence-corrected chi connectivity index (χ0v) is 12.0. The normalized spacial score (nSPS) is 11.9. The van der Waals surface area contributed by atoms with E-state index in [2.05, 4.69) is 10.3 Å². The molecule has 1 heterocycles. The summed E-state index contributed by atoms with van der Waals surface area (Å²) in [5.74, 6) is -0.439. The minimum absolute atomic E-state index is 0.0733. The Labute approximate surface area is 128 Å². The lowest BCUT2D eigenvalue weighted by atomic mass is 10.00. The number of nitrogen functional groups attached to an aromatic ring is 1. The summed E-state index contributed by atoms with van der Waals surface area (Å²) in [7, 11) is 0. The van der Waals surface area contributed by atoms with Crippen LogP contribution in [0.3, 0.4) is 0 Å². The number of amides is 1. The van der Waals surface area contributed by atoms with Crippen LogP contribution in [-0.2, 0) is 6.42 Å². The van der Waals surface area contributed by atoms with E-state index in [0.29, 0.717) is 18.5 Å². The van der Waals surface area contributed by atoms with E-state index in [4.69, 9.17) is 5.73 Å². The highest BCUT2D eigenvalue weighted by molar-refractivity contribution is 5.94. The van der Waals surface area contributed by atoms with Gasteiger partial charge in [0.05, 0.1) is 0 Å². The van der Waals surface area contributed by atoms with E-state index >= 15 is 0 Å². The molecule has 1 atom stereocenters. The van der Waals surface area contributed by atoms with Crippen molar-refractivity contribution < 1.29 is 14.3 Å². The van der Waals surface area contributed by atoms with E-state index in [-0.39, 0.29) is 30.1 Å². The Morgan fingerprint density at radius 2 is 2.05 bits per heavy atom.